The van der Waals surface area contributed by atoms with Crippen LogP contribution >= 0.6 is 0 Å². The second-order valence-electron chi connectivity index (χ2n) is 4.57. The Labute approximate surface area is 99.1 Å². The summed E-state index contributed by atoms with van der Waals surface area (Å²) < 4.78 is 5.42. The first-order valence-corrected chi connectivity index (χ1v) is 6.66. The van der Waals surface area contributed by atoms with Gasteiger partial charge in [-0.1, -0.05) is 57.9 Å². The summed E-state index contributed by atoms with van der Waals surface area (Å²) >= 11 is 0. The highest BCUT2D eigenvalue weighted by molar-refractivity contribution is 5.64. The van der Waals surface area contributed by atoms with Crippen LogP contribution in [0.15, 0.2) is 12.2 Å². The summed E-state index contributed by atoms with van der Waals surface area (Å²) in [5.41, 5.74) is 0. The van der Waals surface area contributed by atoms with Crippen molar-refractivity contribution in [3.05, 3.63) is 12.2 Å². The van der Waals surface area contributed by atoms with Crippen molar-refractivity contribution in [3.8, 4) is 0 Å². The second kappa shape index (κ2) is 8.51. The molecule has 0 saturated carbocycles. The third-order valence-electron chi connectivity index (χ3n) is 3.09. The minimum atomic E-state index is 0.227. The molecule has 0 aliphatic carbocycles. The number of epoxide rings is 1. The molecule has 1 rings (SSSR count). The van der Waals surface area contributed by atoms with Crippen LogP contribution in [0, 0.1) is 0 Å². The van der Waals surface area contributed by atoms with Crippen LogP contribution in [0.2, 0.25) is 0 Å². The Kier molecular flexibility index (Phi) is 7.15. The van der Waals surface area contributed by atoms with E-state index < -0.39 is 0 Å². The van der Waals surface area contributed by atoms with Gasteiger partial charge >= 0.3 is 0 Å². The highest BCUT2D eigenvalue weighted by Crippen LogP contribution is 2.28. The van der Waals surface area contributed by atoms with Gasteiger partial charge in [0.25, 0.3) is 0 Å². The first-order chi connectivity index (χ1) is 7.88. The van der Waals surface area contributed by atoms with Gasteiger partial charge in [-0.25, -0.2) is 0 Å². The number of allylic oxidation sites excluding steroid dienone is 1. The minimum Gasteiger partial charge on any atom is -0.365 e. The standard InChI is InChI=1S/C14H24O2/c1-2-3-4-5-6-7-8-10-13-14(16-13)11-9-12-15/h9,11-14H,2-8,10H2,1H3/b11-9+. The fraction of sp³-hybridized carbons (Fsp3) is 0.786. The molecule has 92 valence electrons. The van der Waals surface area contributed by atoms with Gasteiger partial charge in [-0.2, -0.15) is 0 Å². The van der Waals surface area contributed by atoms with Crippen LogP contribution in [0.25, 0.3) is 0 Å². The van der Waals surface area contributed by atoms with Gasteiger partial charge in [-0.3, -0.25) is 4.79 Å². The van der Waals surface area contributed by atoms with Gasteiger partial charge in [-0.05, 0) is 12.5 Å². The zero-order valence-corrected chi connectivity index (χ0v) is 10.4. The summed E-state index contributed by atoms with van der Waals surface area (Å²) in [6.45, 7) is 2.25. The van der Waals surface area contributed by atoms with Crippen molar-refractivity contribution >= 4 is 6.29 Å². The first kappa shape index (κ1) is 13.4. The summed E-state index contributed by atoms with van der Waals surface area (Å²) in [4.78, 5) is 10.1. The quantitative estimate of drug-likeness (QED) is 0.245. The minimum absolute atomic E-state index is 0.227. The van der Waals surface area contributed by atoms with Gasteiger partial charge in [0.15, 0.2) is 0 Å². The maximum absolute atomic E-state index is 10.1. The summed E-state index contributed by atoms with van der Waals surface area (Å²) in [6, 6.07) is 0. The molecule has 0 spiro atoms. The maximum atomic E-state index is 10.1. The number of unbranched alkanes of at least 4 members (excludes halogenated alkanes) is 6. The lowest BCUT2D eigenvalue weighted by Gasteiger charge is -1.99. The molecule has 1 aliphatic rings. The molecule has 1 fully saturated rings. The molecule has 0 N–H and O–H groups in total. The zero-order valence-electron chi connectivity index (χ0n) is 10.4. The Morgan fingerprint density at radius 1 is 1.06 bits per heavy atom. The molecule has 2 nitrogen and oxygen atoms in total. The Hall–Kier alpha value is -0.630. The van der Waals surface area contributed by atoms with Crippen LogP contribution in [0.3, 0.4) is 0 Å². The van der Waals surface area contributed by atoms with E-state index in [1.54, 1.807) is 0 Å². The lowest BCUT2D eigenvalue weighted by atomic mass is 10.1. The average Bonchev–Trinajstić information content (AvgIpc) is 3.04. The fourth-order valence-corrected chi connectivity index (χ4v) is 2.02. The molecule has 0 bridgehead atoms. The van der Waals surface area contributed by atoms with E-state index in [0.29, 0.717) is 6.10 Å². The molecule has 0 amide bonds. The van der Waals surface area contributed by atoms with Crippen molar-refractivity contribution < 1.29 is 9.53 Å². The molecule has 0 aromatic rings. The monoisotopic (exact) mass is 224 g/mol. The lowest BCUT2D eigenvalue weighted by molar-refractivity contribution is -0.104. The Morgan fingerprint density at radius 3 is 2.44 bits per heavy atom. The first-order valence-electron chi connectivity index (χ1n) is 6.66. The number of carbonyl (C=O) groups excluding carboxylic acids is 1. The number of carbonyl (C=O) groups is 1. The highest BCUT2D eigenvalue weighted by atomic mass is 16.6. The lowest BCUT2D eigenvalue weighted by Crippen LogP contribution is -1.91. The molecular formula is C14H24O2. The molecular weight excluding hydrogens is 200 g/mol. The van der Waals surface area contributed by atoms with Crippen molar-refractivity contribution in [3.63, 3.8) is 0 Å². The van der Waals surface area contributed by atoms with Crippen molar-refractivity contribution in [2.45, 2.75) is 70.5 Å². The van der Waals surface area contributed by atoms with E-state index in [1.165, 1.54) is 51.0 Å². The average molecular weight is 224 g/mol. The zero-order chi connectivity index (χ0) is 11.6. The number of hydrogen-bond acceptors (Lipinski definition) is 2. The molecule has 2 unspecified atom stereocenters. The van der Waals surface area contributed by atoms with Gasteiger partial charge in [0, 0.05) is 0 Å². The van der Waals surface area contributed by atoms with Crippen LogP contribution in [0.1, 0.15) is 58.3 Å². The molecule has 1 saturated heterocycles. The molecule has 0 radical (unpaired) electrons. The number of rotatable bonds is 10. The molecule has 16 heavy (non-hydrogen) atoms. The summed E-state index contributed by atoms with van der Waals surface area (Å²) in [7, 11) is 0. The van der Waals surface area contributed by atoms with E-state index in [1.807, 2.05) is 6.08 Å². The van der Waals surface area contributed by atoms with Crippen LogP contribution in [0.5, 0.6) is 0 Å². The second-order valence-corrected chi connectivity index (χ2v) is 4.57. The van der Waals surface area contributed by atoms with Gasteiger partial charge in [0.1, 0.15) is 12.4 Å². The Morgan fingerprint density at radius 2 is 1.75 bits per heavy atom. The number of hydrogen-bond donors (Lipinski definition) is 0. The molecule has 0 aromatic heterocycles. The van der Waals surface area contributed by atoms with Crippen molar-refractivity contribution in [1.29, 1.82) is 0 Å². The molecule has 2 atom stereocenters. The summed E-state index contributed by atoms with van der Waals surface area (Å²) in [6.07, 6.45) is 15.4. The van der Waals surface area contributed by atoms with E-state index in [-0.39, 0.29) is 6.10 Å². The summed E-state index contributed by atoms with van der Waals surface area (Å²) in [5, 5.41) is 0. The largest absolute Gasteiger partial charge is 0.365 e. The van der Waals surface area contributed by atoms with E-state index in [9.17, 15) is 4.79 Å². The molecule has 1 heterocycles. The van der Waals surface area contributed by atoms with Crippen LogP contribution in [0.4, 0.5) is 0 Å². The smallest absolute Gasteiger partial charge is 0.142 e. The van der Waals surface area contributed by atoms with Crippen molar-refractivity contribution in [2.75, 3.05) is 0 Å². The SMILES string of the molecule is CCCCCCCCCC1OC1/C=C/C=O. The van der Waals surface area contributed by atoms with Crippen molar-refractivity contribution in [2.24, 2.45) is 0 Å². The van der Waals surface area contributed by atoms with E-state index in [4.69, 9.17) is 4.74 Å². The Bertz CT molecular complexity index is 211. The van der Waals surface area contributed by atoms with Gasteiger partial charge in [-0.15, -0.1) is 0 Å². The predicted octanol–water partition coefficient (Wildman–Crippen LogP) is 3.65. The van der Waals surface area contributed by atoms with E-state index >= 15 is 0 Å². The predicted molar refractivity (Wildman–Crippen MR) is 66.5 cm³/mol. The molecule has 0 aromatic carbocycles. The number of aldehydes is 1. The van der Waals surface area contributed by atoms with Gasteiger partial charge in [0.2, 0.25) is 0 Å². The van der Waals surface area contributed by atoms with Crippen LogP contribution in [-0.2, 0) is 9.53 Å². The maximum Gasteiger partial charge on any atom is 0.142 e. The highest BCUT2D eigenvalue weighted by Gasteiger charge is 2.35. The number of ether oxygens (including phenoxy) is 1. The Balaban J connectivity index is 1.82. The van der Waals surface area contributed by atoms with Gasteiger partial charge in [0.05, 0.1) is 6.10 Å². The van der Waals surface area contributed by atoms with Gasteiger partial charge < -0.3 is 4.74 Å². The molecule has 2 heteroatoms. The normalized spacial score (nSPS) is 23.8. The summed E-state index contributed by atoms with van der Waals surface area (Å²) in [5.74, 6) is 0. The van der Waals surface area contributed by atoms with Crippen molar-refractivity contribution in [1.82, 2.24) is 0 Å². The third kappa shape index (κ3) is 6.06. The third-order valence-corrected chi connectivity index (χ3v) is 3.09. The topological polar surface area (TPSA) is 29.6 Å². The van der Waals surface area contributed by atoms with Crippen LogP contribution in [-0.4, -0.2) is 18.5 Å². The van der Waals surface area contributed by atoms with Crippen LogP contribution < -0.4 is 0 Å². The molecule has 1 aliphatic heterocycles. The van der Waals surface area contributed by atoms with E-state index in [0.717, 1.165) is 12.7 Å². The fourth-order valence-electron chi connectivity index (χ4n) is 2.02. The van der Waals surface area contributed by atoms with E-state index in [2.05, 4.69) is 6.92 Å².